The first-order valence-electron chi connectivity index (χ1n) is 8.26. The van der Waals surface area contributed by atoms with Gasteiger partial charge in [0.1, 0.15) is 23.7 Å². The summed E-state index contributed by atoms with van der Waals surface area (Å²) >= 11 is 5.80. The average molecular weight is 473 g/mol. The number of alkyl halides is 6. The number of nitrogens with zero attached hydrogens (tertiary/aromatic N) is 1. The zero-order chi connectivity index (χ0) is 23.0. The predicted molar refractivity (Wildman–Crippen MR) is 89.9 cm³/mol. The van der Waals surface area contributed by atoms with E-state index in [0.29, 0.717) is 6.26 Å². The van der Waals surface area contributed by atoms with Crippen LogP contribution in [0.25, 0.3) is 0 Å². The largest absolute Gasteiger partial charge is 0.573 e. The number of hydrogen-bond donors (Lipinski definition) is 3. The number of hydrogen-bond acceptors (Lipinski definition) is 5. The Morgan fingerprint density at radius 2 is 2.00 bits per heavy atom. The molecule has 31 heavy (non-hydrogen) atoms. The Kier molecular flexibility index (Phi) is 5.93. The molecular weight excluding hydrogens is 462 g/mol. The van der Waals surface area contributed by atoms with E-state index in [2.05, 4.69) is 30.1 Å². The fourth-order valence-corrected chi connectivity index (χ4v) is 2.86. The Balaban J connectivity index is 1.93. The summed E-state index contributed by atoms with van der Waals surface area (Å²) in [5.41, 5.74) is -0.425. The number of oxazole rings is 1. The third-order valence-electron chi connectivity index (χ3n) is 3.95. The topological polar surface area (TPSA) is 105 Å². The number of benzene rings is 1. The van der Waals surface area contributed by atoms with Crippen molar-refractivity contribution in [2.45, 2.75) is 24.6 Å². The van der Waals surface area contributed by atoms with E-state index in [4.69, 9.17) is 11.6 Å². The fourth-order valence-electron chi connectivity index (χ4n) is 2.64. The van der Waals surface area contributed by atoms with Crippen molar-refractivity contribution < 1.29 is 45.1 Å². The quantitative estimate of drug-likeness (QED) is 0.580. The van der Waals surface area contributed by atoms with Crippen molar-refractivity contribution in [2.24, 2.45) is 0 Å². The Morgan fingerprint density at radius 1 is 1.29 bits per heavy atom. The molecule has 2 heterocycles. The molecule has 0 aliphatic carbocycles. The van der Waals surface area contributed by atoms with Crippen LogP contribution in [-0.2, 0) is 11.0 Å². The van der Waals surface area contributed by atoms with Gasteiger partial charge in [-0.3, -0.25) is 4.79 Å². The first-order valence-corrected chi connectivity index (χ1v) is 8.64. The fraction of sp³-hybridized carbons (Fsp3) is 0.312. The first kappa shape index (κ1) is 22.5. The van der Waals surface area contributed by atoms with Crippen LogP contribution in [0.1, 0.15) is 23.2 Å². The molecular formula is C16H11ClF6N4O4. The molecule has 3 N–H and O–H groups in total. The van der Waals surface area contributed by atoms with E-state index in [1.54, 1.807) is 0 Å². The van der Waals surface area contributed by atoms with E-state index in [1.807, 2.05) is 0 Å². The lowest BCUT2D eigenvalue weighted by Crippen LogP contribution is -2.44. The van der Waals surface area contributed by atoms with Crippen molar-refractivity contribution in [3.63, 3.8) is 0 Å². The van der Waals surface area contributed by atoms with Crippen molar-refractivity contribution in [1.82, 2.24) is 20.9 Å². The number of carbonyl (C=O) groups excluding carboxylic acids is 2. The number of nitrogens with one attached hydrogen (secondary N) is 3. The second-order valence-corrected chi connectivity index (χ2v) is 6.57. The van der Waals surface area contributed by atoms with Gasteiger partial charge in [-0.05, 0) is 17.7 Å². The van der Waals surface area contributed by atoms with Gasteiger partial charge < -0.3 is 25.1 Å². The molecule has 0 spiro atoms. The summed E-state index contributed by atoms with van der Waals surface area (Å²) in [6.07, 6.45) is -9.31. The van der Waals surface area contributed by atoms with Crippen molar-refractivity contribution >= 4 is 23.5 Å². The van der Waals surface area contributed by atoms with E-state index in [0.717, 1.165) is 18.2 Å². The molecule has 0 unspecified atom stereocenters. The van der Waals surface area contributed by atoms with Crippen molar-refractivity contribution in [1.29, 1.82) is 0 Å². The molecule has 0 saturated carbocycles. The van der Waals surface area contributed by atoms with E-state index in [1.165, 1.54) is 0 Å². The molecule has 2 aromatic rings. The Hall–Kier alpha value is -3.16. The number of rotatable bonds is 5. The van der Waals surface area contributed by atoms with Crippen LogP contribution in [0.15, 0.2) is 28.9 Å². The van der Waals surface area contributed by atoms with Crippen LogP contribution in [0.5, 0.6) is 5.75 Å². The predicted octanol–water partition coefficient (Wildman–Crippen LogP) is 3.13. The molecule has 1 saturated heterocycles. The van der Waals surface area contributed by atoms with E-state index in [-0.39, 0.29) is 12.1 Å². The number of carbonyl (C=O) groups is 2. The van der Waals surface area contributed by atoms with Gasteiger partial charge in [-0.1, -0.05) is 17.7 Å². The number of urea groups is 1. The monoisotopic (exact) mass is 472 g/mol. The number of ether oxygens (including phenoxy) is 1. The molecule has 1 aromatic carbocycles. The third kappa shape index (κ3) is 5.51. The smallest absolute Gasteiger partial charge is 0.441 e. The van der Waals surface area contributed by atoms with Crippen LogP contribution >= 0.6 is 11.6 Å². The third-order valence-corrected chi connectivity index (χ3v) is 4.25. The Bertz CT molecular complexity index is 993. The molecule has 15 heteroatoms. The van der Waals surface area contributed by atoms with Crippen molar-refractivity contribution in [2.75, 3.05) is 6.54 Å². The normalized spacial score (nSPS) is 17.6. The molecule has 3 amide bonds. The van der Waals surface area contributed by atoms with Crippen molar-refractivity contribution in [3.8, 4) is 5.75 Å². The van der Waals surface area contributed by atoms with Gasteiger partial charge in [0.2, 0.25) is 5.91 Å². The summed E-state index contributed by atoms with van der Waals surface area (Å²) in [6.45, 7) is -0.0941. The summed E-state index contributed by atoms with van der Waals surface area (Å²) in [7, 11) is 0. The zero-order valence-electron chi connectivity index (χ0n) is 14.9. The highest BCUT2D eigenvalue weighted by atomic mass is 35.5. The zero-order valence-corrected chi connectivity index (χ0v) is 15.7. The minimum absolute atomic E-state index is 0.0211. The molecule has 1 aliphatic heterocycles. The molecule has 3 rings (SSSR count). The van der Waals surface area contributed by atoms with Gasteiger partial charge >= 0.3 is 24.5 Å². The number of aromatic nitrogens is 1. The highest BCUT2D eigenvalue weighted by Crippen LogP contribution is 2.35. The number of halogens is 7. The van der Waals surface area contributed by atoms with Crippen LogP contribution < -0.4 is 20.7 Å². The summed E-state index contributed by atoms with van der Waals surface area (Å²) in [5, 5.41) is 6.45. The highest BCUT2D eigenvalue weighted by Gasteiger charge is 2.39. The molecule has 0 radical (unpaired) electrons. The van der Waals surface area contributed by atoms with Crippen LogP contribution in [0, 0.1) is 0 Å². The lowest BCUT2D eigenvalue weighted by molar-refractivity contribution is -0.274. The summed E-state index contributed by atoms with van der Waals surface area (Å²) in [6, 6.07) is -0.246. The maximum Gasteiger partial charge on any atom is 0.573 e. The molecule has 0 bridgehead atoms. The summed E-state index contributed by atoms with van der Waals surface area (Å²) in [5.74, 6) is -3.15. The average Bonchev–Trinajstić information content (AvgIpc) is 3.29. The van der Waals surface area contributed by atoms with Gasteiger partial charge in [0, 0.05) is 6.54 Å². The first-order chi connectivity index (χ1) is 14.3. The minimum atomic E-state index is -5.03. The van der Waals surface area contributed by atoms with Crippen LogP contribution in [-0.4, -0.2) is 35.9 Å². The van der Waals surface area contributed by atoms with Crippen molar-refractivity contribution in [3.05, 3.63) is 46.6 Å². The van der Waals surface area contributed by atoms with Gasteiger partial charge in [-0.2, -0.15) is 13.2 Å². The van der Waals surface area contributed by atoms with E-state index >= 15 is 0 Å². The standard InChI is InChI=1S/C16H11ClF6N4O4/c17-7-3-6(1-2-10(7)31-16(21,22)23)11(9-5-30-13(25-9)15(18,19)20)27-12(28)8-4-24-14(29)26-8/h1-3,5,8,11H,4H2,(H,27,28)(H2,24,26,29)/t8-,11-/m0/s1. The maximum absolute atomic E-state index is 12.8. The minimum Gasteiger partial charge on any atom is -0.441 e. The highest BCUT2D eigenvalue weighted by molar-refractivity contribution is 6.32. The lowest BCUT2D eigenvalue weighted by atomic mass is 10.0. The van der Waals surface area contributed by atoms with Gasteiger partial charge in [0.05, 0.1) is 11.1 Å². The van der Waals surface area contributed by atoms with Crippen LogP contribution in [0.2, 0.25) is 5.02 Å². The number of amides is 3. The molecule has 1 fully saturated rings. The SMILES string of the molecule is O=C1NC[C@@H](C(=O)N[C@@H](c2ccc(OC(F)(F)F)c(Cl)c2)c2coc(C(F)(F)F)n2)N1. The Labute approximate surface area is 173 Å². The van der Waals surface area contributed by atoms with Gasteiger partial charge in [-0.15, -0.1) is 13.2 Å². The van der Waals surface area contributed by atoms with Gasteiger partial charge in [-0.25, -0.2) is 9.78 Å². The van der Waals surface area contributed by atoms with Gasteiger partial charge in [0.25, 0.3) is 0 Å². The van der Waals surface area contributed by atoms with Gasteiger partial charge in [0.15, 0.2) is 0 Å². The summed E-state index contributed by atoms with van der Waals surface area (Å²) in [4.78, 5) is 27.0. The molecule has 1 aliphatic rings. The van der Waals surface area contributed by atoms with Crippen LogP contribution in [0.3, 0.4) is 0 Å². The molecule has 1 aromatic heterocycles. The second kappa shape index (κ2) is 8.17. The van der Waals surface area contributed by atoms with E-state index < -0.39 is 58.9 Å². The van der Waals surface area contributed by atoms with Crippen LogP contribution in [0.4, 0.5) is 31.1 Å². The van der Waals surface area contributed by atoms with E-state index in [9.17, 15) is 35.9 Å². The second-order valence-electron chi connectivity index (χ2n) is 6.16. The molecule has 2 atom stereocenters. The maximum atomic E-state index is 12.8. The Morgan fingerprint density at radius 3 is 2.52 bits per heavy atom. The molecule has 8 nitrogen and oxygen atoms in total. The summed E-state index contributed by atoms with van der Waals surface area (Å²) < 4.78 is 84.0. The molecule has 168 valence electrons. The lowest BCUT2D eigenvalue weighted by Gasteiger charge is -2.20.